The van der Waals surface area contributed by atoms with E-state index in [1.54, 1.807) is 24.3 Å². The molecule has 5 nitrogen and oxygen atoms in total. The Morgan fingerprint density at radius 3 is 1.91 bits per heavy atom. The molecule has 0 bridgehead atoms. The Bertz CT molecular complexity index is 885. The SMILES string of the molecule is CCCCCCCCCCCCCc1c([O-])cc(S(=O)(=O)O)cc1Oc1ccccc1.[Na+]. The molecule has 0 amide bonds. The van der Waals surface area contributed by atoms with E-state index in [0.29, 0.717) is 17.7 Å². The van der Waals surface area contributed by atoms with E-state index < -0.39 is 20.8 Å². The number of unbranched alkanes of at least 4 members (excludes halogenated alkanes) is 10. The fraction of sp³-hybridized carbons (Fsp3) is 0.520. The molecule has 7 heteroatoms. The van der Waals surface area contributed by atoms with Crippen LogP contribution in [0.2, 0.25) is 0 Å². The van der Waals surface area contributed by atoms with Gasteiger partial charge >= 0.3 is 29.6 Å². The van der Waals surface area contributed by atoms with Gasteiger partial charge in [-0.15, -0.1) is 5.75 Å². The van der Waals surface area contributed by atoms with E-state index in [1.165, 1.54) is 57.4 Å². The number of rotatable bonds is 15. The Hall–Kier alpha value is -1.05. The zero-order chi connectivity index (χ0) is 22.5. The third kappa shape index (κ3) is 10.7. The molecule has 0 fully saturated rings. The molecule has 2 aromatic rings. The first-order valence-electron chi connectivity index (χ1n) is 11.5. The molecule has 32 heavy (non-hydrogen) atoms. The van der Waals surface area contributed by atoms with E-state index in [4.69, 9.17) is 4.74 Å². The number of para-hydroxylation sites is 1. The second-order valence-electron chi connectivity index (χ2n) is 8.07. The summed E-state index contributed by atoms with van der Waals surface area (Å²) in [5, 5.41) is 12.6. The zero-order valence-electron chi connectivity index (χ0n) is 19.5. The molecular formula is C25H35NaO5S. The van der Waals surface area contributed by atoms with Crippen LogP contribution >= 0.6 is 0 Å². The summed E-state index contributed by atoms with van der Waals surface area (Å²) in [6.45, 7) is 2.23. The minimum absolute atomic E-state index is 0. The second-order valence-corrected chi connectivity index (χ2v) is 9.50. The van der Waals surface area contributed by atoms with Crippen LogP contribution in [0.15, 0.2) is 47.4 Å². The first-order chi connectivity index (χ1) is 14.9. The molecule has 0 unspecified atom stereocenters. The van der Waals surface area contributed by atoms with Crippen molar-refractivity contribution >= 4 is 10.1 Å². The summed E-state index contributed by atoms with van der Waals surface area (Å²) in [5.41, 5.74) is 0.451. The van der Waals surface area contributed by atoms with Gasteiger partial charge < -0.3 is 9.84 Å². The molecule has 0 spiro atoms. The van der Waals surface area contributed by atoms with Crippen molar-refractivity contribution in [1.82, 2.24) is 0 Å². The normalized spacial score (nSPS) is 11.2. The molecule has 172 valence electrons. The Kier molecular flexibility index (Phi) is 14.2. The maximum Gasteiger partial charge on any atom is 1.00 e. The molecule has 0 saturated carbocycles. The van der Waals surface area contributed by atoms with Crippen LogP contribution < -0.4 is 39.4 Å². The van der Waals surface area contributed by atoms with E-state index in [1.807, 2.05) is 6.07 Å². The number of benzene rings is 2. The standard InChI is InChI=1S/C25H36O5S.Na/c1-2-3-4-5-6-7-8-9-10-11-15-18-23-24(26)19-22(31(27,28)29)20-25(23)30-21-16-13-12-14-17-21;/h12-14,16-17,19-20,26H,2-11,15,18H2,1H3,(H,27,28,29);/q;+1/p-1. The van der Waals surface area contributed by atoms with Crippen LogP contribution in [0.25, 0.3) is 0 Å². The molecule has 0 saturated heterocycles. The van der Waals surface area contributed by atoms with Crippen molar-refractivity contribution in [2.45, 2.75) is 88.9 Å². The third-order valence-electron chi connectivity index (χ3n) is 5.44. The summed E-state index contributed by atoms with van der Waals surface area (Å²) in [4.78, 5) is -0.439. The van der Waals surface area contributed by atoms with Gasteiger partial charge in [-0.25, -0.2) is 0 Å². The monoisotopic (exact) mass is 470 g/mol. The molecule has 0 atom stereocenters. The van der Waals surface area contributed by atoms with Crippen LogP contribution in [-0.2, 0) is 16.5 Å². The summed E-state index contributed by atoms with van der Waals surface area (Å²) >= 11 is 0. The van der Waals surface area contributed by atoms with Gasteiger partial charge in [-0.2, -0.15) is 8.42 Å². The Balaban J connectivity index is 0.00000512. The molecule has 0 radical (unpaired) electrons. The largest absolute Gasteiger partial charge is 1.00 e. The molecule has 0 aliphatic carbocycles. The summed E-state index contributed by atoms with van der Waals surface area (Å²) in [6, 6.07) is 11.1. The molecule has 2 rings (SSSR count). The Labute approximate surface area is 215 Å². The summed E-state index contributed by atoms with van der Waals surface area (Å²) in [5.74, 6) is 0.279. The van der Waals surface area contributed by atoms with Crippen molar-refractivity contribution < 1.29 is 52.4 Å². The van der Waals surface area contributed by atoms with Crippen LogP contribution in [0.3, 0.4) is 0 Å². The average Bonchev–Trinajstić information content (AvgIpc) is 2.73. The molecular weight excluding hydrogens is 435 g/mol. The average molecular weight is 471 g/mol. The van der Waals surface area contributed by atoms with Crippen LogP contribution in [0.5, 0.6) is 17.2 Å². The quantitative estimate of drug-likeness (QED) is 0.244. The molecule has 0 heterocycles. The van der Waals surface area contributed by atoms with E-state index in [9.17, 15) is 18.1 Å². The van der Waals surface area contributed by atoms with Crippen LogP contribution in [-0.4, -0.2) is 13.0 Å². The zero-order valence-corrected chi connectivity index (χ0v) is 22.3. The van der Waals surface area contributed by atoms with Gasteiger partial charge in [-0.1, -0.05) is 89.3 Å². The predicted molar refractivity (Wildman–Crippen MR) is 122 cm³/mol. The van der Waals surface area contributed by atoms with E-state index in [2.05, 4.69) is 6.92 Å². The van der Waals surface area contributed by atoms with Crippen LogP contribution in [0.4, 0.5) is 0 Å². The smallest absolute Gasteiger partial charge is 0.872 e. The van der Waals surface area contributed by atoms with Crippen LogP contribution in [0.1, 0.15) is 83.1 Å². The van der Waals surface area contributed by atoms with Gasteiger partial charge in [-0.3, -0.25) is 4.55 Å². The number of hydrogen-bond donors (Lipinski definition) is 1. The van der Waals surface area contributed by atoms with Crippen molar-refractivity contribution in [2.24, 2.45) is 0 Å². The molecule has 0 aromatic heterocycles. The molecule has 1 N–H and O–H groups in total. The van der Waals surface area contributed by atoms with E-state index in [0.717, 1.165) is 25.3 Å². The first kappa shape index (κ1) is 29.0. The third-order valence-corrected chi connectivity index (χ3v) is 6.27. The van der Waals surface area contributed by atoms with Gasteiger partial charge in [0.25, 0.3) is 10.1 Å². The first-order valence-corrected chi connectivity index (χ1v) is 12.9. The van der Waals surface area contributed by atoms with Crippen molar-refractivity contribution in [1.29, 1.82) is 0 Å². The number of hydrogen-bond acceptors (Lipinski definition) is 4. The minimum Gasteiger partial charge on any atom is -0.872 e. The molecule has 0 aliphatic heterocycles. The summed E-state index contributed by atoms with van der Waals surface area (Å²) in [7, 11) is -4.48. The maximum absolute atomic E-state index is 12.6. The maximum atomic E-state index is 12.6. The Morgan fingerprint density at radius 1 is 0.844 bits per heavy atom. The molecule has 0 aliphatic rings. The summed E-state index contributed by atoms with van der Waals surface area (Å²) < 4.78 is 38.2. The predicted octanol–water partition coefficient (Wildman–Crippen LogP) is 3.66. The van der Waals surface area contributed by atoms with Crippen molar-refractivity contribution in [3.63, 3.8) is 0 Å². The van der Waals surface area contributed by atoms with Gasteiger partial charge in [0.2, 0.25) is 0 Å². The van der Waals surface area contributed by atoms with Gasteiger partial charge in [0, 0.05) is 6.07 Å². The van der Waals surface area contributed by atoms with Crippen molar-refractivity contribution in [3.8, 4) is 17.2 Å². The van der Waals surface area contributed by atoms with Crippen molar-refractivity contribution in [2.75, 3.05) is 0 Å². The van der Waals surface area contributed by atoms with Gasteiger partial charge in [0.15, 0.2) is 0 Å². The minimum atomic E-state index is -4.48. The topological polar surface area (TPSA) is 86.7 Å². The van der Waals surface area contributed by atoms with Gasteiger partial charge in [-0.05, 0) is 36.6 Å². The fourth-order valence-electron chi connectivity index (χ4n) is 3.66. The fourth-order valence-corrected chi connectivity index (χ4v) is 4.18. The Morgan fingerprint density at radius 2 is 1.38 bits per heavy atom. The summed E-state index contributed by atoms with van der Waals surface area (Å²) in [6.07, 6.45) is 13.9. The van der Waals surface area contributed by atoms with E-state index in [-0.39, 0.29) is 35.3 Å². The number of ether oxygens (including phenoxy) is 1. The van der Waals surface area contributed by atoms with Gasteiger partial charge in [0.05, 0.1) is 4.90 Å². The van der Waals surface area contributed by atoms with E-state index >= 15 is 0 Å². The van der Waals surface area contributed by atoms with Crippen LogP contribution in [0, 0.1) is 0 Å². The van der Waals surface area contributed by atoms with Gasteiger partial charge in [0.1, 0.15) is 11.5 Å². The molecule has 2 aromatic carbocycles. The van der Waals surface area contributed by atoms with Crippen molar-refractivity contribution in [3.05, 3.63) is 48.0 Å². The second kappa shape index (κ2) is 15.7.